The summed E-state index contributed by atoms with van der Waals surface area (Å²) in [7, 11) is 1.83. The molecule has 1 saturated heterocycles. The molecule has 0 bridgehead atoms. The van der Waals surface area contributed by atoms with Crippen LogP contribution in [0.5, 0.6) is 0 Å². The van der Waals surface area contributed by atoms with Crippen LogP contribution >= 0.6 is 24.0 Å². The Kier molecular flexibility index (Phi) is 9.06. The SMILES string of the molecule is CN=C(NCC(C)N1CCCCC1C)NC(C)(C)C.I. The summed E-state index contributed by atoms with van der Waals surface area (Å²) in [6, 6.07) is 1.26. The smallest absolute Gasteiger partial charge is 0.191 e. The highest BCUT2D eigenvalue weighted by atomic mass is 127. The lowest BCUT2D eigenvalue weighted by Gasteiger charge is -2.38. The zero-order valence-electron chi connectivity index (χ0n) is 14.0. The molecular formula is C15H33IN4. The number of halogens is 1. The van der Waals surface area contributed by atoms with E-state index in [0.29, 0.717) is 12.1 Å². The minimum atomic E-state index is 0. The molecule has 0 amide bonds. The van der Waals surface area contributed by atoms with Crippen LogP contribution in [-0.2, 0) is 0 Å². The van der Waals surface area contributed by atoms with Crippen LogP contribution in [-0.4, -0.2) is 48.6 Å². The Hall–Kier alpha value is -0.0400. The molecule has 0 radical (unpaired) electrons. The van der Waals surface area contributed by atoms with Gasteiger partial charge in [-0.05, 0) is 54.0 Å². The summed E-state index contributed by atoms with van der Waals surface area (Å²) in [5, 5.41) is 6.84. The van der Waals surface area contributed by atoms with Gasteiger partial charge in [0.25, 0.3) is 0 Å². The van der Waals surface area contributed by atoms with Crippen LogP contribution in [0.25, 0.3) is 0 Å². The summed E-state index contributed by atoms with van der Waals surface area (Å²) >= 11 is 0. The summed E-state index contributed by atoms with van der Waals surface area (Å²) in [6.07, 6.45) is 4.05. The number of likely N-dealkylation sites (tertiary alicyclic amines) is 1. The summed E-state index contributed by atoms with van der Waals surface area (Å²) in [6.45, 7) is 13.3. The maximum absolute atomic E-state index is 4.29. The first-order valence-electron chi connectivity index (χ1n) is 7.58. The maximum Gasteiger partial charge on any atom is 0.191 e. The molecule has 120 valence electrons. The number of guanidine groups is 1. The molecule has 0 spiro atoms. The molecular weight excluding hydrogens is 363 g/mol. The summed E-state index contributed by atoms with van der Waals surface area (Å²) < 4.78 is 0. The van der Waals surface area contributed by atoms with Crippen molar-refractivity contribution in [1.29, 1.82) is 0 Å². The van der Waals surface area contributed by atoms with Crippen molar-refractivity contribution in [3.63, 3.8) is 0 Å². The van der Waals surface area contributed by atoms with E-state index in [4.69, 9.17) is 0 Å². The van der Waals surface area contributed by atoms with E-state index in [1.165, 1.54) is 25.8 Å². The van der Waals surface area contributed by atoms with Crippen LogP contribution in [0.3, 0.4) is 0 Å². The van der Waals surface area contributed by atoms with E-state index in [9.17, 15) is 0 Å². The fourth-order valence-electron chi connectivity index (χ4n) is 2.67. The van der Waals surface area contributed by atoms with Gasteiger partial charge >= 0.3 is 0 Å². The molecule has 1 aliphatic rings. The number of aliphatic imine (C=N–C) groups is 1. The van der Waals surface area contributed by atoms with Gasteiger partial charge in [-0.15, -0.1) is 24.0 Å². The van der Waals surface area contributed by atoms with Gasteiger partial charge in [-0.1, -0.05) is 6.42 Å². The zero-order chi connectivity index (χ0) is 14.5. The monoisotopic (exact) mass is 396 g/mol. The quantitative estimate of drug-likeness (QED) is 0.438. The molecule has 1 rings (SSSR count). The Morgan fingerprint density at radius 2 is 2.00 bits per heavy atom. The summed E-state index contributed by atoms with van der Waals surface area (Å²) in [5.74, 6) is 0.893. The second kappa shape index (κ2) is 9.07. The molecule has 1 heterocycles. The van der Waals surface area contributed by atoms with Gasteiger partial charge < -0.3 is 10.6 Å². The summed E-state index contributed by atoms with van der Waals surface area (Å²) in [5.41, 5.74) is 0.0451. The predicted octanol–water partition coefficient (Wildman–Crippen LogP) is 2.83. The van der Waals surface area contributed by atoms with Crippen molar-refractivity contribution in [2.45, 2.75) is 71.5 Å². The molecule has 0 aromatic carbocycles. The number of nitrogens with one attached hydrogen (secondary N) is 2. The third-order valence-corrected chi connectivity index (χ3v) is 3.70. The van der Waals surface area contributed by atoms with Crippen molar-refractivity contribution in [3.8, 4) is 0 Å². The highest BCUT2D eigenvalue weighted by Crippen LogP contribution is 2.18. The molecule has 2 atom stereocenters. The lowest BCUT2D eigenvalue weighted by Crippen LogP contribution is -2.53. The van der Waals surface area contributed by atoms with Crippen molar-refractivity contribution in [3.05, 3.63) is 0 Å². The van der Waals surface area contributed by atoms with E-state index < -0.39 is 0 Å². The third kappa shape index (κ3) is 7.11. The average molecular weight is 396 g/mol. The molecule has 1 fully saturated rings. The summed E-state index contributed by atoms with van der Waals surface area (Å²) in [4.78, 5) is 6.90. The minimum absolute atomic E-state index is 0. The van der Waals surface area contributed by atoms with E-state index in [-0.39, 0.29) is 29.5 Å². The average Bonchev–Trinajstić information content (AvgIpc) is 2.33. The largest absolute Gasteiger partial charge is 0.355 e. The number of hydrogen-bond acceptors (Lipinski definition) is 2. The van der Waals surface area contributed by atoms with E-state index in [1.807, 2.05) is 7.05 Å². The standard InChI is InChI=1S/C15H32N4.HI/c1-12-9-7-8-10-19(12)13(2)11-17-14(16-6)18-15(3,4)5;/h12-13H,7-11H2,1-6H3,(H2,16,17,18);1H. The first-order chi connectivity index (χ1) is 8.83. The van der Waals surface area contributed by atoms with Gasteiger partial charge in [-0.2, -0.15) is 0 Å². The number of hydrogen-bond donors (Lipinski definition) is 2. The molecule has 5 heteroatoms. The van der Waals surface area contributed by atoms with Crippen molar-refractivity contribution in [2.75, 3.05) is 20.1 Å². The molecule has 4 nitrogen and oxygen atoms in total. The molecule has 2 unspecified atom stereocenters. The molecule has 2 N–H and O–H groups in total. The molecule has 0 aromatic rings. The van der Waals surface area contributed by atoms with Crippen LogP contribution in [0.2, 0.25) is 0 Å². The van der Waals surface area contributed by atoms with Gasteiger partial charge in [0.15, 0.2) is 5.96 Å². The first-order valence-corrected chi connectivity index (χ1v) is 7.58. The van der Waals surface area contributed by atoms with Crippen LogP contribution in [0.1, 0.15) is 53.9 Å². The van der Waals surface area contributed by atoms with Gasteiger partial charge in [-0.3, -0.25) is 9.89 Å². The minimum Gasteiger partial charge on any atom is -0.355 e. The topological polar surface area (TPSA) is 39.7 Å². The lowest BCUT2D eigenvalue weighted by molar-refractivity contribution is 0.115. The van der Waals surface area contributed by atoms with E-state index in [1.54, 1.807) is 0 Å². The van der Waals surface area contributed by atoms with E-state index >= 15 is 0 Å². The molecule has 0 aliphatic carbocycles. The van der Waals surface area contributed by atoms with Crippen LogP contribution < -0.4 is 10.6 Å². The Morgan fingerprint density at radius 3 is 2.50 bits per heavy atom. The number of nitrogens with zero attached hydrogens (tertiary/aromatic N) is 2. The number of piperidine rings is 1. The van der Waals surface area contributed by atoms with Crippen molar-refractivity contribution >= 4 is 29.9 Å². The van der Waals surface area contributed by atoms with Crippen molar-refractivity contribution < 1.29 is 0 Å². The Labute approximate surface area is 142 Å². The normalized spacial score (nSPS) is 22.9. The van der Waals surface area contributed by atoms with Gasteiger partial charge in [-0.25, -0.2) is 0 Å². The van der Waals surface area contributed by atoms with Crippen LogP contribution in [0, 0.1) is 0 Å². The maximum atomic E-state index is 4.29. The molecule has 20 heavy (non-hydrogen) atoms. The van der Waals surface area contributed by atoms with Gasteiger partial charge in [0.05, 0.1) is 0 Å². The van der Waals surface area contributed by atoms with Gasteiger partial charge in [0.2, 0.25) is 0 Å². The second-order valence-electron chi connectivity index (χ2n) is 6.76. The fraction of sp³-hybridized carbons (Fsp3) is 0.933. The van der Waals surface area contributed by atoms with E-state index in [0.717, 1.165) is 12.5 Å². The fourth-order valence-corrected chi connectivity index (χ4v) is 2.67. The zero-order valence-corrected chi connectivity index (χ0v) is 16.3. The Balaban J connectivity index is 0.00000361. The van der Waals surface area contributed by atoms with Crippen LogP contribution in [0.4, 0.5) is 0 Å². The molecule has 0 aromatic heterocycles. The molecule has 1 aliphatic heterocycles. The highest BCUT2D eigenvalue weighted by molar-refractivity contribution is 14.0. The predicted molar refractivity (Wildman–Crippen MR) is 99.1 cm³/mol. The van der Waals surface area contributed by atoms with Crippen molar-refractivity contribution in [1.82, 2.24) is 15.5 Å². The first kappa shape index (κ1) is 20.0. The van der Waals surface area contributed by atoms with Crippen LogP contribution in [0.15, 0.2) is 4.99 Å². The van der Waals surface area contributed by atoms with Gasteiger partial charge in [0, 0.05) is 31.2 Å². The van der Waals surface area contributed by atoms with E-state index in [2.05, 4.69) is 55.1 Å². The van der Waals surface area contributed by atoms with Crippen molar-refractivity contribution in [2.24, 2.45) is 4.99 Å². The third-order valence-electron chi connectivity index (χ3n) is 3.70. The second-order valence-corrected chi connectivity index (χ2v) is 6.76. The van der Waals surface area contributed by atoms with Gasteiger partial charge in [0.1, 0.15) is 0 Å². The Morgan fingerprint density at radius 1 is 1.35 bits per heavy atom. The highest BCUT2D eigenvalue weighted by Gasteiger charge is 2.23. The number of rotatable bonds is 3. The lowest BCUT2D eigenvalue weighted by atomic mass is 10.0. The Bertz CT molecular complexity index is 299. The molecule has 0 saturated carbocycles.